The van der Waals surface area contributed by atoms with Crippen LogP contribution in [-0.4, -0.2) is 45.4 Å². The first-order valence-corrected chi connectivity index (χ1v) is 6.07. The van der Waals surface area contributed by atoms with Crippen LogP contribution in [0.5, 0.6) is 0 Å². The van der Waals surface area contributed by atoms with Gasteiger partial charge < -0.3 is 25.8 Å². The Morgan fingerprint density at radius 3 is 2.32 bits per heavy atom. The minimum Gasteiger partial charge on any atom is -0.396 e. The molecule has 1 aliphatic rings. The summed E-state index contributed by atoms with van der Waals surface area (Å²) in [7, 11) is 3.31. The molecule has 0 saturated carbocycles. The predicted molar refractivity (Wildman–Crippen MR) is 73.2 cm³/mol. The fourth-order valence-corrected chi connectivity index (χ4v) is 2.44. The summed E-state index contributed by atoms with van der Waals surface area (Å²) in [6.45, 7) is 1.34. The summed E-state index contributed by atoms with van der Waals surface area (Å²) in [6.07, 6.45) is -0.0248. The maximum atomic E-state index is 11.3. The Morgan fingerprint density at radius 2 is 1.84 bits per heavy atom. The molecule has 6 heteroatoms. The van der Waals surface area contributed by atoms with E-state index in [0.29, 0.717) is 24.3 Å². The van der Waals surface area contributed by atoms with Gasteiger partial charge in [-0.05, 0) is 12.1 Å². The van der Waals surface area contributed by atoms with E-state index in [0.717, 1.165) is 5.69 Å². The van der Waals surface area contributed by atoms with E-state index in [2.05, 4.69) is 0 Å². The van der Waals surface area contributed by atoms with Crippen LogP contribution in [0, 0.1) is 0 Å². The molecule has 104 valence electrons. The molecule has 0 spiro atoms. The summed E-state index contributed by atoms with van der Waals surface area (Å²) in [5, 5.41) is 0. The summed E-state index contributed by atoms with van der Waals surface area (Å²) >= 11 is 0. The van der Waals surface area contributed by atoms with Crippen LogP contribution in [0.3, 0.4) is 0 Å². The molecule has 1 fully saturated rings. The van der Waals surface area contributed by atoms with E-state index in [9.17, 15) is 4.79 Å². The lowest BCUT2D eigenvalue weighted by atomic mass is 10.1. The summed E-state index contributed by atoms with van der Waals surface area (Å²) in [5.74, 6) is -0.523. The molecule has 1 aromatic carbocycles. The number of hydrogen-bond acceptors (Lipinski definition) is 5. The highest BCUT2D eigenvalue weighted by Crippen LogP contribution is 2.30. The molecular weight excluding hydrogens is 246 g/mol. The zero-order chi connectivity index (χ0) is 14.0. The molecule has 6 nitrogen and oxygen atoms in total. The van der Waals surface area contributed by atoms with Crippen molar-refractivity contribution in [1.29, 1.82) is 0 Å². The van der Waals surface area contributed by atoms with Crippen LogP contribution in [0.4, 0.5) is 11.4 Å². The number of ether oxygens (including phenoxy) is 2. The van der Waals surface area contributed by atoms with Gasteiger partial charge in [-0.25, -0.2) is 0 Å². The maximum absolute atomic E-state index is 11.3. The molecule has 0 bridgehead atoms. The number of nitrogen functional groups attached to an aromatic ring is 1. The van der Waals surface area contributed by atoms with Crippen molar-refractivity contribution in [3.63, 3.8) is 0 Å². The van der Waals surface area contributed by atoms with Crippen molar-refractivity contribution in [2.45, 2.75) is 12.2 Å². The molecule has 19 heavy (non-hydrogen) atoms. The van der Waals surface area contributed by atoms with Gasteiger partial charge >= 0.3 is 0 Å². The molecule has 1 aromatic rings. The fourth-order valence-electron chi connectivity index (χ4n) is 2.44. The number of para-hydroxylation sites is 1. The van der Waals surface area contributed by atoms with E-state index < -0.39 is 5.91 Å². The van der Waals surface area contributed by atoms with E-state index in [1.165, 1.54) is 0 Å². The summed E-state index contributed by atoms with van der Waals surface area (Å²) in [4.78, 5) is 13.3. The third kappa shape index (κ3) is 2.50. The van der Waals surface area contributed by atoms with Gasteiger partial charge in [0.15, 0.2) is 0 Å². The molecule has 2 atom stereocenters. The van der Waals surface area contributed by atoms with E-state index >= 15 is 0 Å². The van der Waals surface area contributed by atoms with Crippen molar-refractivity contribution in [3.8, 4) is 0 Å². The average Bonchev–Trinajstić information content (AvgIpc) is 2.81. The Morgan fingerprint density at radius 1 is 1.26 bits per heavy atom. The molecular formula is C13H19N3O3. The summed E-state index contributed by atoms with van der Waals surface area (Å²) in [5.41, 5.74) is 12.9. The highest BCUT2D eigenvalue weighted by atomic mass is 16.5. The van der Waals surface area contributed by atoms with Crippen LogP contribution in [0.25, 0.3) is 0 Å². The highest BCUT2D eigenvalue weighted by molar-refractivity contribution is 6.00. The van der Waals surface area contributed by atoms with Crippen molar-refractivity contribution in [1.82, 2.24) is 0 Å². The molecule has 0 radical (unpaired) electrons. The molecule has 2 unspecified atom stereocenters. The molecule has 2 rings (SSSR count). The monoisotopic (exact) mass is 265 g/mol. The van der Waals surface area contributed by atoms with Crippen molar-refractivity contribution >= 4 is 17.3 Å². The van der Waals surface area contributed by atoms with Gasteiger partial charge in [0.25, 0.3) is 5.91 Å². The minimum absolute atomic E-state index is 0.0124. The lowest BCUT2D eigenvalue weighted by Crippen LogP contribution is -2.27. The van der Waals surface area contributed by atoms with Crippen molar-refractivity contribution in [3.05, 3.63) is 23.8 Å². The zero-order valence-corrected chi connectivity index (χ0v) is 11.1. The lowest BCUT2D eigenvalue weighted by Gasteiger charge is -2.21. The second-order valence-electron chi connectivity index (χ2n) is 4.56. The number of nitrogens with two attached hydrogens (primary N) is 2. The Labute approximate surface area is 112 Å². The number of primary amides is 1. The molecule has 4 N–H and O–H groups in total. The molecule has 1 heterocycles. The number of anilines is 2. The number of amides is 1. The lowest BCUT2D eigenvalue weighted by molar-refractivity contribution is -0.00461. The quantitative estimate of drug-likeness (QED) is 0.760. The first kappa shape index (κ1) is 13.6. The van der Waals surface area contributed by atoms with Gasteiger partial charge in [-0.15, -0.1) is 0 Å². The third-order valence-corrected chi connectivity index (χ3v) is 3.51. The third-order valence-electron chi connectivity index (χ3n) is 3.51. The molecule has 0 aliphatic carbocycles. The fraction of sp³-hybridized carbons (Fsp3) is 0.462. The Balaban J connectivity index is 2.29. The predicted octanol–water partition coefficient (Wildman–Crippen LogP) is 0.218. The number of methoxy groups -OCH3 is 2. The molecule has 1 aliphatic heterocycles. The van der Waals surface area contributed by atoms with Crippen molar-refractivity contribution < 1.29 is 14.3 Å². The SMILES string of the molecule is COC1CN(c2cccc(C(N)=O)c2N)CC1OC. The van der Waals surface area contributed by atoms with Crippen LogP contribution in [0.1, 0.15) is 10.4 Å². The number of benzene rings is 1. The number of nitrogens with zero attached hydrogens (tertiary/aromatic N) is 1. The Bertz CT molecular complexity index is 466. The van der Waals surface area contributed by atoms with E-state index in [1.807, 2.05) is 11.0 Å². The number of rotatable bonds is 4. The van der Waals surface area contributed by atoms with Crippen LogP contribution >= 0.6 is 0 Å². The van der Waals surface area contributed by atoms with Crippen molar-refractivity contribution in [2.24, 2.45) is 5.73 Å². The maximum Gasteiger partial charge on any atom is 0.250 e. The standard InChI is InChI=1S/C13H19N3O3/c1-18-10-6-16(7-11(10)19-2)9-5-3-4-8(12(9)14)13(15)17/h3-5,10-11H,6-7,14H2,1-2H3,(H2,15,17). The first-order chi connectivity index (χ1) is 9.08. The van der Waals surface area contributed by atoms with Gasteiger partial charge in [0, 0.05) is 27.3 Å². The zero-order valence-electron chi connectivity index (χ0n) is 11.1. The van der Waals surface area contributed by atoms with E-state index in [-0.39, 0.29) is 12.2 Å². The normalized spacial score (nSPS) is 22.7. The smallest absolute Gasteiger partial charge is 0.250 e. The highest BCUT2D eigenvalue weighted by Gasteiger charge is 2.34. The van der Waals surface area contributed by atoms with Crippen LogP contribution in [0.2, 0.25) is 0 Å². The van der Waals surface area contributed by atoms with E-state index in [1.54, 1.807) is 26.4 Å². The Hall–Kier alpha value is -1.79. The number of hydrogen-bond donors (Lipinski definition) is 2. The average molecular weight is 265 g/mol. The second-order valence-corrected chi connectivity index (χ2v) is 4.56. The minimum atomic E-state index is -0.523. The number of carbonyl (C=O) groups excluding carboxylic acids is 1. The van der Waals surface area contributed by atoms with Gasteiger partial charge in [-0.2, -0.15) is 0 Å². The second kappa shape index (κ2) is 5.46. The van der Waals surface area contributed by atoms with Crippen LogP contribution < -0.4 is 16.4 Å². The van der Waals surface area contributed by atoms with Gasteiger partial charge in [0.2, 0.25) is 0 Å². The number of carbonyl (C=O) groups is 1. The van der Waals surface area contributed by atoms with Gasteiger partial charge in [0.1, 0.15) is 12.2 Å². The molecule has 1 amide bonds. The van der Waals surface area contributed by atoms with Gasteiger partial charge in [-0.1, -0.05) is 6.07 Å². The van der Waals surface area contributed by atoms with E-state index in [4.69, 9.17) is 20.9 Å². The molecule has 1 saturated heterocycles. The first-order valence-electron chi connectivity index (χ1n) is 6.07. The van der Waals surface area contributed by atoms with Gasteiger partial charge in [-0.3, -0.25) is 4.79 Å². The van der Waals surface area contributed by atoms with Gasteiger partial charge in [0.05, 0.1) is 16.9 Å². The summed E-state index contributed by atoms with van der Waals surface area (Å²) in [6, 6.07) is 5.26. The Kier molecular flexibility index (Phi) is 3.92. The van der Waals surface area contributed by atoms with Crippen LogP contribution in [0.15, 0.2) is 18.2 Å². The molecule has 0 aromatic heterocycles. The summed E-state index contributed by atoms with van der Waals surface area (Å²) < 4.78 is 10.8. The van der Waals surface area contributed by atoms with Crippen LogP contribution in [-0.2, 0) is 9.47 Å². The van der Waals surface area contributed by atoms with Crippen molar-refractivity contribution in [2.75, 3.05) is 37.9 Å². The largest absolute Gasteiger partial charge is 0.396 e. The topological polar surface area (TPSA) is 90.8 Å².